The minimum absolute atomic E-state index is 0.157. The molecule has 0 bridgehead atoms. The van der Waals surface area contributed by atoms with Crippen molar-refractivity contribution < 1.29 is 18.9 Å². The molecule has 5 heteroatoms. The molecule has 2 heterocycles. The maximum atomic E-state index is 5.88. The van der Waals surface area contributed by atoms with E-state index < -0.39 is 12.1 Å². The minimum atomic E-state index is -0.610. The zero-order chi connectivity index (χ0) is 14.2. The molecule has 2 aliphatic heterocycles. The Morgan fingerprint density at radius 3 is 2.55 bits per heavy atom. The highest BCUT2D eigenvalue weighted by Crippen LogP contribution is 2.38. The Balaban J connectivity index is 1.65. The smallest absolute Gasteiger partial charge is 0.187 e. The van der Waals surface area contributed by atoms with Gasteiger partial charge in [0.05, 0.1) is 6.61 Å². The SMILES string of the molecule is CC1(C)O[C@@H]2[C@@H](OCc3ccccc3)O[C@H](CN)[C@@H]2O1. The van der Waals surface area contributed by atoms with Gasteiger partial charge in [-0.25, -0.2) is 0 Å². The van der Waals surface area contributed by atoms with Gasteiger partial charge in [-0.2, -0.15) is 0 Å². The third kappa shape index (κ3) is 2.73. The second-order valence-corrected chi connectivity index (χ2v) is 5.64. The maximum Gasteiger partial charge on any atom is 0.187 e. The van der Waals surface area contributed by atoms with Gasteiger partial charge in [0.25, 0.3) is 0 Å². The van der Waals surface area contributed by atoms with E-state index in [1.54, 1.807) is 0 Å². The van der Waals surface area contributed by atoms with E-state index in [-0.39, 0.29) is 18.3 Å². The van der Waals surface area contributed by atoms with Gasteiger partial charge in [-0.1, -0.05) is 30.3 Å². The van der Waals surface area contributed by atoms with Crippen LogP contribution in [-0.2, 0) is 25.6 Å². The summed E-state index contributed by atoms with van der Waals surface area (Å²) >= 11 is 0. The zero-order valence-electron chi connectivity index (χ0n) is 11.8. The average Bonchev–Trinajstić information content (AvgIpc) is 2.91. The van der Waals surface area contributed by atoms with E-state index in [0.717, 1.165) is 5.56 Å². The molecule has 2 N–H and O–H groups in total. The Bertz CT molecular complexity index is 450. The fourth-order valence-electron chi connectivity index (χ4n) is 2.72. The van der Waals surface area contributed by atoms with Gasteiger partial charge in [0.1, 0.15) is 18.3 Å². The molecule has 0 saturated carbocycles. The average molecular weight is 279 g/mol. The van der Waals surface area contributed by atoms with Crippen molar-refractivity contribution in [2.24, 2.45) is 5.73 Å². The second-order valence-electron chi connectivity index (χ2n) is 5.64. The van der Waals surface area contributed by atoms with Crippen LogP contribution in [0.2, 0.25) is 0 Å². The number of hydrogen-bond donors (Lipinski definition) is 1. The molecule has 0 aliphatic carbocycles. The van der Waals surface area contributed by atoms with E-state index >= 15 is 0 Å². The van der Waals surface area contributed by atoms with Gasteiger partial charge in [-0.05, 0) is 19.4 Å². The molecule has 0 unspecified atom stereocenters. The number of ether oxygens (including phenoxy) is 4. The highest BCUT2D eigenvalue weighted by molar-refractivity contribution is 5.13. The fourth-order valence-corrected chi connectivity index (χ4v) is 2.72. The van der Waals surface area contributed by atoms with Gasteiger partial charge >= 0.3 is 0 Å². The fraction of sp³-hybridized carbons (Fsp3) is 0.600. The van der Waals surface area contributed by atoms with E-state index in [1.807, 2.05) is 44.2 Å². The van der Waals surface area contributed by atoms with Gasteiger partial charge in [-0.15, -0.1) is 0 Å². The second kappa shape index (κ2) is 5.42. The van der Waals surface area contributed by atoms with Crippen LogP contribution in [0.1, 0.15) is 19.4 Å². The van der Waals surface area contributed by atoms with E-state index in [1.165, 1.54) is 0 Å². The number of nitrogens with two attached hydrogens (primary N) is 1. The Labute approximate surface area is 118 Å². The highest BCUT2D eigenvalue weighted by atomic mass is 16.8. The molecule has 20 heavy (non-hydrogen) atoms. The van der Waals surface area contributed by atoms with E-state index in [9.17, 15) is 0 Å². The molecule has 3 rings (SSSR count). The number of rotatable bonds is 4. The third-order valence-corrected chi connectivity index (χ3v) is 3.60. The summed E-state index contributed by atoms with van der Waals surface area (Å²) in [6.07, 6.45) is -0.990. The van der Waals surface area contributed by atoms with Crippen LogP contribution in [0.25, 0.3) is 0 Å². The van der Waals surface area contributed by atoms with Crippen LogP contribution in [0.3, 0.4) is 0 Å². The highest BCUT2D eigenvalue weighted by Gasteiger charge is 2.55. The molecule has 1 aromatic carbocycles. The molecular formula is C15H21NO4. The molecule has 2 aliphatic rings. The Morgan fingerprint density at radius 1 is 1.15 bits per heavy atom. The molecule has 2 saturated heterocycles. The van der Waals surface area contributed by atoms with Crippen molar-refractivity contribution in [1.29, 1.82) is 0 Å². The molecule has 1 aromatic rings. The molecule has 0 spiro atoms. The third-order valence-electron chi connectivity index (χ3n) is 3.60. The van der Waals surface area contributed by atoms with E-state index in [0.29, 0.717) is 13.2 Å². The molecule has 5 nitrogen and oxygen atoms in total. The van der Waals surface area contributed by atoms with Crippen LogP contribution in [0.4, 0.5) is 0 Å². The van der Waals surface area contributed by atoms with E-state index in [4.69, 9.17) is 24.7 Å². The lowest BCUT2D eigenvalue weighted by molar-refractivity contribution is -0.235. The normalized spacial score (nSPS) is 35.1. The largest absolute Gasteiger partial charge is 0.345 e. The molecular weight excluding hydrogens is 258 g/mol. The first-order chi connectivity index (χ1) is 9.59. The first-order valence-electron chi connectivity index (χ1n) is 6.96. The van der Waals surface area contributed by atoms with Crippen molar-refractivity contribution >= 4 is 0 Å². The molecule has 110 valence electrons. The zero-order valence-corrected chi connectivity index (χ0v) is 11.8. The summed E-state index contributed by atoms with van der Waals surface area (Å²) in [7, 11) is 0. The van der Waals surface area contributed by atoms with Crippen molar-refractivity contribution in [2.45, 2.75) is 50.8 Å². The Kier molecular flexibility index (Phi) is 3.79. The number of benzene rings is 1. The van der Waals surface area contributed by atoms with Gasteiger partial charge in [0.15, 0.2) is 12.1 Å². The first-order valence-corrected chi connectivity index (χ1v) is 6.96. The minimum Gasteiger partial charge on any atom is -0.345 e. The molecule has 4 atom stereocenters. The van der Waals surface area contributed by atoms with Crippen LogP contribution in [-0.4, -0.2) is 36.9 Å². The Hall–Kier alpha value is -0.980. The summed E-state index contributed by atoms with van der Waals surface area (Å²) in [5.41, 5.74) is 6.83. The summed E-state index contributed by atoms with van der Waals surface area (Å²) in [5, 5.41) is 0. The van der Waals surface area contributed by atoms with Crippen LogP contribution >= 0.6 is 0 Å². The van der Waals surface area contributed by atoms with Crippen molar-refractivity contribution in [1.82, 2.24) is 0 Å². The van der Waals surface area contributed by atoms with Crippen molar-refractivity contribution in [2.75, 3.05) is 6.54 Å². The molecule has 0 amide bonds. The number of fused-ring (bicyclic) bond motifs is 1. The van der Waals surface area contributed by atoms with Crippen molar-refractivity contribution in [3.05, 3.63) is 35.9 Å². The lowest BCUT2D eigenvalue weighted by Crippen LogP contribution is -2.34. The quantitative estimate of drug-likeness (QED) is 0.903. The summed E-state index contributed by atoms with van der Waals surface area (Å²) in [6.45, 7) is 4.67. The van der Waals surface area contributed by atoms with Crippen LogP contribution in [0.15, 0.2) is 30.3 Å². The van der Waals surface area contributed by atoms with Crippen molar-refractivity contribution in [3.8, 4) is 0 Å². The number of hydrogen-bond acceptors (Lipinski definition) is 5. The topological polar surface area (TPSA) is 62.9 Å². The lowest BCUT2D eigenvalue weighted by Gasteiger charge is -2.23. The first kappa shape index (κ1) is 14.0. The summed E-state index contributed by atoms with van der Waals surface area (Å²) < 4.78 is 23.4. The molecule has 0 aromatic heterocycles. The predicted molar refractivity (Wildman–Crippen MR) is 72.8 cm³/mol. The van der Waals surface area contributed by atoms with Gasteiger partial charge in [0, 0.05) is 6.54 Å². The van der Waals surface area contributed by atoms with Gasteiger partial charge < -0.3 is 24.7 Å². The molecule has 2 fully saturated rings. The lowest BCUT2D eigenvalue weighted by atomic mass is 10.1. The summed E-state index contributed by atoms with van der Waals surface area (Å²) in [5.74, 6) is -0.610. The monoisotopic (exact) mass is 279 g/mol. The predicted octanol–water partition coefficient (Wildman–Crippen LogP) is 1.41. The van der Waals surface area contributed by atoms with E-state index in [2.05, 4.69) is 0 Å². The standard InChI is InChI=1S/C15H21NO4/c1-15(2)19-12-11(8-16)18-14(13(12)20-15)17-9-10-6-4-3-5-7-10/h3-7,11-14H,8-9,16H2,1-2H3/t11-,12+,13+,14+/m1/s1. The van der Waals surface area contributed by atoms with Crippen LogP contribution < -0.4 is 5.73 Å². The summed E-state index contributed by atoms with van der Waals surface area (Å²) in [4.78, 5) is 0. The maximum absolute atomic E-state index is 5.88. The summed E-state index contributed by atoms with van der Waals surface area (Å²) in [6, 6.07) is 9.98. The van der Waals surface area contributed by atoms with Crippen LogP contribution in [0.5, 0.6) is 0 Å². The van der Waals surface area contributed by atoms with Crippen molar-refractivity contribution in [3.63, 3.8) is 0 Å². The molecule has 0 radical (unpaired) electrons. The van der Waals surface area contributed by atoms with Gasteiger partial charge in [0.2, 0.25) is 0 Å². The van der Waals surface area contributed by atoms with Gasteiger partial charge in [-0.3, -0.25) is 0 Å². The Morgan fingerprint density at radius 2 is 1.85 bits per heavy atom. The van der Waals surface area contributed by atoms with Crippen LogP contribution in [0, 0.1) is 0 Å².